The first-order valence-corrected chi connectivity index (χ1v) is 8.37. The van der Waals surface area contributed by atoms with E-state index in [1.807, 2.05) is 0 Å². The van der Waals surface area contributed by atoms with Crippen molar-refractivity contribution in [2.45, 2.75) is 6.18 Å². The monoisotopic (exact) mass is 401 g/mol. The van der Waals surface area contributed by atoms with Gasteiger partial charge in [0.2, 0.25) is 0 Å². The van der Waals surface area contributed by atoms with Crippen molar-refractivity contribution in [2.24, 2.45) is 0 Å². The minimum Gasteiger partial charge on any atom is -0.350 e. The third kappa shape index (κ3) is 4.16. The number of hydrogen-bond acceptors (Lipinski definition) is 3. The lowest BCUT2D eigenvalue weighted by molar-refractivity contribution is -0.143. The summed E-state index contributed by atoms with van der Waals surface area (Å²) in [5.41, 5.74) is -1.65. The van der Waals surface area contributed by atoms with E-state index in [-0.39, 0.29) is 24.8 Å². The molecule has 0 aliphatic carbocycles. The Bertz CT molecular complexity index is 851. The molecule has 0 atom stereocenters. The van der Waals surface area contributed by atoms with Gasteiger partial charge in [-0.05, 0) is 24.3 Å². The van der Waals surface area contributed by atoms with Gasteiger partial charge in [-0.3, -0.25) is 4.79 Å². The number of benzene rings is 1. The van der Waals surface area contributed by atoms with Crippen LogP contribution in [0, 0.1) is 0 Å². The van der Waals surface area contributed by atoms with Crippen LogP contribution in [0.25, 0.3) is 5.69 Å². The van der Waals surface area contributed by atoms with Gasteiger partial charge in [-0.25, -0.2) is 9.48 Å². The first kappa shape index (κ1) is 19.0. The number of nitrogens with one attached hydrogen (secondary N) is 2. The lowest BCUT2D eigenvalue weighted by Crippen LogP contribution is -2.37. The molecular weight excluding hydrogens is 387 g/mol. The third-order valence-corrected chi connectivity index (χ3v) is 4.22. The van der Waals surface area contributed by atoms with Crippen LogP contribution >= 0.6 is 11.6 Å². The lowest BCUT2D eigenvalue weighted by Gasteiger charge is -2.15. The largest absolute Gasteiger partial charge is 0.434 e. The maximum atomic E-state index is 13.6. The van der Waals surface area contributed by atoms with Gasteiger partial charge < -0.3 is 15.5 Å². The summed E-state index contributed by atoms with van der Waals surface area (Å²) in [4.78, 5) is 25.1. The molecule has 144 valence electrons. The van der Waals surface area contributed by atoms with Crippen LogP contribution in [-0.4, -0.2) is 52.8 Å². The van der Waals surface area contributed by atoms with Gasteiger partial charge in [0.05, 0.1) is 17.4 Å². The maximum absolute atomic E-state index is 13.6. The number of nitrogens with zero attached hydrogens (tertiary/aromatic N) is 3. The fraction of sp³-hybridized carbons (Fsp3) is 0.312. The second kappa shape index (κ2) is 7.47. The van der Waals surface area contributed by atoms with E-state index in [1.165, 1.54) is 29.2 Å². The van der Waals surface area contributed by atoms with Gasteiger partial charge in [0.15, 0.2) is 5.69 Å². The van der Waals surface area contributed by atoms with Crippen molar-refractivity contribution < 1.29 is 22.8 Å². The first-order chi connectivity index (χ1) is 12.8. The summed E-state index contributed by atoms with van der Waals surface area (Å²) < 4.78 is 41.3. The van der Waals surface area contributed by atoms with E-state index in [9.17, 15) is 22.8 Å². The topological polar surface area (TPSA) is 79.3 Å². The second-order valence-corrected chi connectivity index (χ2v) is 6.20. The van der Waals surface area contributed by atoms with Gasteiger partial charge in [-0.15, -0.1) is 0 Å². The standard InChI is InChI=1S/C16H15ClF3N5O2/c17-10-1-3-11(4-2-10)25-13(16(18,19)20)12(9-23-25)14(26)21-5-7-24-8-6-22-15(24)27/h1-4,9H,5-8H2,(H,21,26)(H,22,27). The molecule has 0 spiro atoms. The molecule has 1 aliphatic rings. The average Bonchev–Trinajstić information content (AvgIpc) is 3.22. The molecule has 1 aliphatic heterocycles. The Morgan fingerprint density at radius 3 is 2.59 bits per heavy atom. The minimum absolute atomic E-state index is 0.0235. The van der Waals surface area contributed by atoms with Crippen molar-refractivity contribution in [1.82, 2.24) is 25.3 Å². The van der Waals surface area contributed by atoms with E-state index in [0.29, 0.717) is 22.8 Å². The number of carbonyl (C=O) groups excluding carboxylic acids is 2. The van der Waals surface area contributed by atoms with E-state index >= 15 is 0 Å². The first-order valence-electron chi connectivity index (χ1n) is 7.99. The second-order valence-electron chi connectivity index (χ2n) is 5.77. The van der Waals surface area contributed by atoms with E-state index in [1.54, 1.807) is 0 Å². The number of halogens is 4. The fourth-order valence-corrected chi connectivity index (χ4v) is 2.82. The van der Waals surface area contributed by atoms with Crippen LogP contribution in [0.15, 0.2) is 30.5 Å². The number of urea groups is 1. The third-order valence-electron chi connectivity index (χ3n) is 3.97. The summed E-state index contributed by atoms with van der Waals surface area (Å²) >= 11 is 5.76. The Morgan fingerprint density at radius 1 is 1.30 bits per heavy atom. The molecule has 11 heteroatoms. The predicted octanol–water partition coefficient (Wildman–Crippen LogP) is 2.30. The zero-order valence-corrected chi connectivity index (χ0v) is 14.6. The molecule has 3 amide bonds. The van der Waals surface area contributed by atoms with E-state index in [4.69, 9.17) is 11.6 Å². The fourth-order valence-electron chi connectivity index (χ4n) is 2.69. The van der Waals surface area contributed by atoms with Crippen LogP contribution < -0.4 is 10.6 Å². The van der Waals surface area contributed by atoms with Gasteiger partial charge in [0, 0.05) is 31.2 Å². The molecule has 0 unspecified atom stereocenters. The minimum atomic E-state index is -4.79. The number of carbonyl (C=O) groups is 2. The van der Waals surface area contributed by atoms with E-state index in [2.05, 4.69) is 15.7 Å². The number of rotatable bonds is 5. The van der Waals surface area contributed by atoms with Crippen LogP contribution in [0.5, 0.6) is 0 Å². The molecule has 0 radical (unpaired) electrons. The number of amides is 3. The number of alkyl halides is 3. The SMILES string of the molecule is O=C(NCCN1CCNC1=O)c1cnn(-c2ccc(Cl)cc2)c1C(F)(F)F. The molecule has 1 saturated heterocycles. The van der Waals surface area contributed by atoms with E-state index in [0.717, 1.165) is 6.20 Å². The van der Waals surface area contributed by atoms with Crippen molar-refractivity contribution in [3.05, 3.63) is 46.7 Å². The number of hydrogen-bond donors (Lipinski definition) is 2. The van der Waals surface area contributed by atoms with Crippen molar-refractivity contribution >= 4 is 23.5 Å². The highest BCUT2D eigenvalue weighted by Crippen LogP contribution is 2.33. The molecule has 3 rings (SSSR count). The van der Waals surface area contributed by atoms with Gasteiger partial charge in [-0.1, -0.05) is 11.6 Å². The highest BCUT2D eigenvalue weighted by atomic mass is 35.5. The molecule has 7 nitrogen and oxygen atoms in total. The molecule has 27 heavy (non-hydrogen) atoms. The van der Waals surface area contributed by atoms with Gasteiger partial charge in [-0.2, -0.15) is 18.3 Å². The summed E-state index contributed by atoms with van der Waals surface area (Å²) in [7, 11) is 0. The molecule has 1 aromatic heterocycles. The van der Waals surface area contributed by atoms with Gasteiger partial charge >= 0.3 is 12.2 Å². The Balaban J connectivity index is 1.79. The van der Waals surface area contributed by atoms with Crippen molar-refractivity contribution in [3.8, 4) is 5.69 Å². The van der Waals surface area contributed by atoms with Gasteiger partial charge in [0.25, 0.3) is 5.91 Å². The lowest BCUT2D eigenvalue weighted by atomic mass is 10.2. The molecule has 0 bridgehead atoms. The highest BCUT2D eigenvalue weighted by Gasteiger charge is 2.40. The van der Waals surface area contributed by atoms with Crippen LogP contribution in [0.4, 0.5) is 18.0 Å². The molecule has 1 fully saturated rings. The Labute approximate surface area is 157 Å². The normalized spacial score (nSPS) is 14.4. The van der Waals surface area contributed by atoms with Gasteiger partial charge in [0.1, 0.15) is 0 Å². The summed E-state index contributed by atoms with van der Waals surface area (Å²) in [5.74, 6) is -0.915. The summed E-state index contributed by atoms with van der Waals surface area (Å²) in [5, 5.41) is 9.08. The Kier molecular flexibility index (Phi) is 5.26. The zero-order chi connectivity index (χ0) is 19.6. The summed E-state index contributed by atoms with van der Waals surface area (Å²) in [6, 6.07) is 5.34. The molecule has 2 heterocycles. The van der Waals surface area contributed by atoms with Crippen LogP contribution in [0.3, 0.4) is 0 Å². The smallest absolute Gasteiger partial charge is 0.350 e. The Hall–Kier alpha value is -2.75. The maximum Gasteiger partial charge on any atom is 0.434 e. The zero-order valence-electron chi connectivity index (χ0n) is 13.9. The van der Waals surface area contributed by atoms with Crippen LogP contribution in [-0.2, 0) is 6.18 Å². The van der Waals surface area contributed by atoms with Crippen molar-refractivity contribution in [1.29, 1.82) is 0 Å². The van der Waals surface area contributed by atoms with Crippen molar-refractivity contribution in [3.63, 3.8) is 0 Å². The molecule has 2 N–H and O–H groups in total. The molecule has 2 aromatic rings. The highest BCUT2D eigenvalue weighted by molar-refractivity contribution is 6.30. The average molecular weight is 402 g/mol. The van der Waals surface area contributed by atoms with Crippen LogP contribution in [0.2, 0.25) is 5.02 Å². The molecule has 0 saturated carbocycles. The van der Waals surface area contributed by atoms with E-state index < -0.39 is 23.3 Å². The van der Waals surface area contributed by atoms with Crippen LogP contribution in [0.1, 0.15) is 16.1 Å². The van der Waals surface area contributed by atoms with Crippen molar-refractivity contribution in [2.75, 3.05) is 26.2 Å². The quantitative estimate of drug-likeness (QED) is 0.807. The summed E-state index contributed by atoms with van der Waals surface area (Å²) in [6.45, 7) is 1.20. The Morgan fingerprint density at radius 2 is 2.00 bits per heavy atom. The summed E-state index contributed by atoms with van der Waals surface area (Å²) in [6.07, 6.45) is -3.92. The molecular formula is C16H15ClF3N5O2. The predicted molar refractivity (Wildman–Crippen MR) is 90.9 cm³/mol. The number of aromatic nitrogens is 2. The molecule has 1 aromatic carbocycles.